The van der Waals surface area contributed by atoms with Crippen LogP contribution in [0.5, 0.6) is 0 Å². The van der Waals surface area contributed by atoms with Gasteiger partial charge in [0.1, 0.15) is 0 Å². The van der Waals surface area contributed by atoms with E-state index in [9.17, 15) is 0 Å². The van der Waals surface area contributed by atoms with Crippen molar-refractivity contribution in [2.45, 2.75) is 50.8 Å². The zero-order valence-corrected chi connectivity index (χ0v) is 14.0. The number of hydrogen-bond donors (Lipinski definition) is 1. The van der Waals surface area contributed by atoms with Gasteiger partial charge in [0, 0.05) is 22.6 Å². The largest absolute Gasteiger partial charge is 0.313 e. The van der Waals surface area contributed by atoms with Gasteiger partial charge in [-0.2, -0.15) is 11.8 Å². The second-order valence-corrected chi connectivity index (χ2v) is 7.11. The fourth-order valence-corrected chi connectivity index (χ4v) is 4.59. The molecule has 1 unspecified atom stereocenters. The van der Waals surface area contributed by atoms with E-state index in [2.05, 4.69) is 24.4 Å². The Morgan fingerprint density at radius 3 is 2.70 bits per heavy atom. The van der Waals surface area contributed by atoms with Gasteiger partial charge < -0.3 is 5.32 Å². The molecule has 3 heteroatoms. The standard InChI is InChI=1S/C17H26ClNS/c1-2-19-17(14-8-4-3-5-9-14)13-20-12-15-10-6-7-11-16(15)18/h6-7,10-11,14,17,19H,2-5,8-9,12-13H2,1H3. The molecule has 0 radical (unpaired) electrons. The Hall–Kier alpha value is -0.180. The predicted octanol–water partition coefficient (Wildman–Crippen LogP) is 5.13. The molecule has 112 valence electrons. The average Bonchev–Trinajstić information content (AvgIpc) is 2.49. The molecular weight excluding hydrogens is 286 g/mol. The number of hydrogen-bond acceptors (Lipinski definition) is 2. The first-order chi connectivity index (χ1) is 9.81. The molecule has 0 heterocycles. The fourth-order valence-electron chi connectivity index (χ4n) is 3.07. The van der Waals surface area contributed by atoms with Gasteiger partial charge in [-0.15, -0.1) is 0 Å². The van der Waals surface area contributed by atoms with Crippen molar-refractivity contribution in [3.05, 3.63) is 34.9 Å². The van der Waals surface area contributed by atoms with Crippen LogP contribution < -0.4 is 5.32 Å². The quantitative estimate of drug-likeness (QED) is 0.749. The van der Waals surface area contributed by atoms with Gasteiger partial charge in [-0.1, -0.05) is 56.0 Å². The molecule has 20 heavy (non-hydrogen) atoms. The van der Waals surface area contributed by atoms with Crippen LogP contribution in [0.25, 0.3) is 0 Å². The van der Waals surface area contributed by atoms with Crippen LogP contribution in [0.15, 0.2) is 24.3 Å². The zero-order valence-electron chi connectivity index (χ0n) is 12.4. The van der Waals surface area contributed by atoms with E-state index in [4.69, 9.17) is 11.6 Å². The van der Waals surface area contributed by atoms with Crippen LogP contribution in [-0.4, -0.2) is 18.3 Å². The van der Waals surface area contributed by atoms with E-state index >= 15 is 0 Å². The molecule has 1 N–H and O–H groups in total. The highest BCUT2D eigenvalue weighted by Crippen LogP contribution is 2.29. The maximum atomic E-state index is 6.22. The summed E-state index contributed by atoms with van der Waals surface area (Å²) in [6, 6.07) is 8.87. The van der Waals surface area contributed by atoms with E-state index in [1.54, 1.807) is 0 Å². The lowest BCUT2D eigenvalue weighted by molar-refractivity contribution is 0.288. The molecule has 1 saturated carbocycles. The van der Waals surface area contributed by atoms with Crippen molar-refractivity contribution in [3.63, 3.8) is 0 Å². The Balaban J connectivity index is 1.81. The lowest BCUT2D eigenvalue weighted by Crippen LogP contribution is -2.39. The third-order valence-corrected chi connectivity index (χ3v) is 5.68. The second kappa shape index (κ2) is 8.96. The predicted molar refractivity (Wildman–Crippen MR) is 91.7 cm³/mol. The SMILES string of the molecule is CCNC(CSCc1ccccc1Cl)C1CCCCC1. The molecule has 0 aliphatic heterocycles. The number of benzene rings is 1. The first-order valence-electron chi connectivity index (χ1n) is 7.85. The molecule has 1 nitrogen and oxygen atoms in total. The first-order valence-corrected chi connectivity index (χ1v) is 9.39. The second-order valence-electron chi connectivity index (χ2n) is 5.67. The number of nitrogens with one attached hydrogen (secondary N) is 1. The van der Waals surface area contributed by atoms with Crippen molar-refractivity contribution in [3.8, 4) is 0 Å². The van der Waals surface area contributed by atoms with Gasteiger partial charge in [0.25, 0.3) is 0 Å². The van der Waals surface area contributed by atoms with Gasteiger partial charge in [0.05, 0.1) is 0 Å². The average molecular weight is 312 g/mol. The molecule has 0 aromatic heterocycles. The molecule has 0 amide bonds. The van der Waals surface area contributed by atoms with Gasteiger partial charge in [-0.05, 0) is 36.9 Å². The molecule has 0 bridgehead atoms. The van der Waals surface area contributed by atoms with Crippen molar-refractivity contribution in [1.29, 1.82) is 0 Å². The van der Waals surface area contributed by atoms with Crippen LogP contribution in [0.4, 0.5) is 0 Å². The molecule has 1 aromatic rings. The minimum atomic E-state index is 0.674. The van der Waals surface area contributed by atoms with Crippen molar-refractivity contribution in [1.82, 2.24) is 5.32 Å². The Kier molecular flexibility index (Phi) is 7.26. The minimum Gasteiger partial charge on any atom is -0.313 e. The van der Waals surface area contributed by atoms with Gasteiger partial charge in [-0.25, -0.2) is 0 Å². The molecule has 1 aromatic carbocycles. The van der Waals surface area contributed by atoms with Crippen LogP contribution in [-0.2, 0) is 5.75 Å². The van der Waals surface area contributed by atoms with Gasteiger partial charge in [0.15, 0.2) is 0 Å². The van der Waals surface area contributed by atoms with Crippen molar-refractivity contribution < 1.29 is 0 Å². The van der Waals surface area contributed by atoms with Crippen LogP contribution in [0, 0.1) is 5.92 Å². The molecule has 1 fully saturated rings. The van der Waals surface area contributed by atoms with Crippen LogP contribution in [0.3, 0.4) is 0 Å². The highest BCUT2D eigenvalue weighted by molar-refractivity contribution is 7.98. The van der Waals surface area contributed by atoms with E-state index in [1.807, 2.05) is 23.9 Å². The summed E-state index contributed by atoms with van der Waals surface area (Å²) in [6.45, 7) is 3.29. The van der Waals surface area contributed by atoms with Crippen LogP contribution >= 0.6 is 23.4 Å². The summed E-state index contributed by atoms with van der Waals surface area (Å²) in [5, 5.41) is 4.60. The summed E-state index contributed by atoms with van der Waals surface area (Å²) in [5.74, 6) is 3.10. The van der Waals surface area contributed by atoms with Gasteiger partial charge in [0.2, 0.25) is 0 Å². The van der Waals surface area contributed by atoms with Crippen molar-refractivity contribution >= 4 is 23.4 Å². The van der Waals surface area contributed by atoms with E-state index in [0.29, 0.717) is 6.04 Å². The van der Waals surface area contributed by atoms with E-state index in [1.165, 1.54) is 43.4 Å². The normalized spacial score (nSPS) is 18.1. The summed E-state index contributed by atoms with van der Waals surface area (Å²) < 4.78 is 0. The molecule has 1 atom stereocenters. The monoisotopic (exact) mass is 311 g/mol. The summed E-state index contributed by atoms with van der Waals surface area (Å²) in [5.41, 5.74) is 1.26. The van der Waals surface area contributed by atoms with Crippen molar-refractivity contribution in [2.24, 2.45) is 5.92 Å². The lowest BCUT2D eigenvalue weighted by Gasteiger charge is -2.30. The molecule has 0 spiro atoms. The minimum absolute atomic E-state index is 0.674. The molecule has 1 aliphatic carbocycles. The summed E-state index contributed by atoms with van der Waals surface area (Å²) in [4.78, 5) is 0. The lowest BCUT2D eigenvalue weighted by atomic mass is 9.84. The smallest absolute Gasteiger partial charge is 0.0446 e. The zero-order chi connectivity index (χ0) is 14.2. The molecule has 2 rings (SSSR count). The van der Waals surface area contributed by atoms with E-state index in [-0.39, 0.29) is 0 Å². The Morgan fingerprint density at radius 2 is 2.00 bits per heavy atom. The third-order valence-electron chi connectivity index (χ3n) is 4.20. The fraction of sp³-hybridized carbons (Fsp3) is 0.647. The Morgan fingerprint density at radius 1 is 1.25 bits per heavy atom. The number of rotatable bonds is 7. The topological polar surface area (TPSA) is 12.0 Å². The number of halogens is 1. The van der Waals surface area contributed by atoms with E-state index < -0.39 is 0 Å². The molecule has 0 saturated heterocycles. The van der Waals surface area contributed by atoms with E-state index in [0.717, 1.165) is 23.2 Å². The Labute approximate surface area is 132 Å². The van der Waals surface area contributed by atoms with Crippen LogP contribution in [0.2, 0.25) is 5.02 Å². The summed E-state index contributed by atoms with van der Waals surface area (Å²) in [7, 11) is 0. The third kappa shape index (κ3) is 4.98. The highest BCUT2D eigenvalue weighted by atomic mass is 35.5. The van der Waals surface area contributed by atoms with Crippen molar-refractivity contribution in [2.75, 3.05) is 12.3 Å². The summed E-state index contributed by atoms with van der Waals surface area (Å²) >= 11 is 8.24. The highest BCUT2D eigenvalue weighted by Gasteiger charge is 2.22. The number of thioether (sulfide) groups is 1. The van der Waals surface area contributed by atoms with Gasteiger partial charge in [-0.3, -0.25) is 0 Å². The Bertz CT molecular complexity index is 390. The van der Waals surface area contributed by atoms with Crippen LogP contribution in [0.1, 0.15) is 44.6 Å². The maximum absolute atomic E-state index is 6.22. The van der Waals surface area contributed by atoms with Gasteiger partial charge >= 0.3 is 0 Å². The maximum Gasteiger partial charge on any atom is 0.0446 e. The first kappa shape index (κ1) is 16.2. The molecule has 1 aliphatic rings. The summed E-state index contributed by atoms with van der Waals surface area (Å²) in [6.07, 6.45) is 7.08. The molecular formula is C17H26ClNS.